The first-order valence-corrected chi connectivity index (χ1v) is 7.22. The first-order valence-electron chi connectivity index (χ1n) is 6.03. The zero-order chi connectivity index (χ0) is 11.9. The van der Waals surface area contributed by atoms with Crippen molar-refractivity contribution in [3.63, 3.8) is 0 Å². The van der Waals surface area contributed by atoms with E-state index in [9.17, 15) is 0 Å². The molecule has 2 nitrogen and oxygen atoms in total. The molecule has 3 rings (SSSR count). The zero-order valence-electron chi connectivity index (χ0n) is 9.58. The van der Waals surface area contributed by atoms with E-state index in [0.717, 1.165) is 33.1 Å². The van der Waals surface area contributed by atoms with E-state index >= 15 is 0 Å². The fraction of sp³-hybridized carbons (Fsp3) is 0.462. The predicted molar refractivity (Wildman–Crippen MR) is 73.6 cm³/mol. The Balaban J connectivity index is 2.05. The van der Waals surface area contributed by atoms with Crippen LogP contribution in [0, 0.1) is 0 Å². The summed E-state index contributed by atoms with van der Waals surface area (Å²) in [5, 5.41) is 1.84. The highest BCUT2D eigenvalue weighted by molar-refractivity contribution is 7.18. The Kier molecular flexibility index (Phi) is 2.85. The molecule has 0 aliphatic heterocycles. The number of nitrogens with two attached hydrogens (primary N) is 1. The van der Waals surface area contributed by atoms with Gasteiger partial charge in [-0.25, -0.2) is 4.98 Å². The van der Waals surface area contributed by atoms with Gasteiger partial charge in [0.2, 0.25) is 0 Å². The van der Waals surface area contributed by atoms with E-state index in [0.29, 0.717) is 0 Å². The Morgan fingerprint density at radius 1 is 1.24 bits per heavy atom. The molecule has 0 radical (unpaired) electrons. The highest BCUT2D eigenvalue weighted by atomic mass is 35.5. The Hall–Kier alpha value is -0.640. The molecule has 4 heteroatoms. The van der Waals surface area contributed by atoms with Crippen LogP contribution in [0.1, 0.15) is 37.1 Å². The lowest BCUT2D eigenvalue weighted by Crippen LogP contribution is -2.38. The Morgan fingerprint density at radius 3 is 2.76 bits per heavy atom. The lowest BCUT2D eigenvalue weighted by molar-refractivity contribution is 0.302. The van der Waals surface area contributed by atoms with Crippen molar-refractivity contribution in [2.75, 3.05) is 0 Å². The Morgan fingerprint density at radius 2 is 2.00 bits per heavy atom. The molecule has 0 unspecified atom stereocenters. The summed E-state index contributed by atoms with van der Waals surface area (Å²) in [6, 6.07) is 5.84. The van der Waals surface area contributed by atoms with Crippen molar-refractivity contribution in [3.8, 4) is 0 Å². The number of benzene rings is 1. The lowest BCUT2D eigenvalue weighted by Gasteiger charge is -2.31. The Labute approximate surface area is 110 Å². The molecule has 1 fully saturated rings. The van der Waals surface area contributed by atoms with Crippen LogP contribution in [0.25, 0.3) is 10.2 Å². The first kappa shape index (κ1) is 11.5. The number of nitrogens with zero attached hydrogens (tertiary/aromatic N) is 1. The first-order chi connectivity index (χ1) is 8.17. The van der Waals surface area contributed by atoms with Gasteiger partial charge >= 0.3 is 0 Å². The molecule has 1 saturated carbocycles. The van der Waals surface area contributed by atoms with Gasteiger partial charge in [-0.2, -0.15) is 0 Å². The van der Waals surface area contributed by atoms with Crippen molar-refractivity contribution in [2.24, 2.45) is 5.73 Å². The van der Waals surface area contributed by atoms with Crippen LogP contribution in [0.3, 0.4) is 0 Å². The van der Waals surface area contributed by atoms with Gasteiger partial charge in [0.15, 0.2) is 0 Å². The molecule has 1 heterocycles. The normalized spacial score (nSPS) is 19.6. The number of aromatic nitrogens is 1. The van der Waals surface area contributed by atoms with E-state index in [1.165, 1.54) is 19.3 Å². The molecule has 90 valence electrons. The standard InChI is InChI=1S/C13H15ClN2S/c14-9-4-5-10-11(8-9)17-12(16-10)13(15)6-2-1-3-7-13/h4-5,8H,1-3,6-7,15H2. The Bertz CT molecular complexity index is 543. The van der Waals surface area contributed by atoms with Crippen LogP contribution in [-0.4, -0.2) is 4.98 Å². The van der Waals surface area contributed by atoms with Crippen LogP contribution in [0.5, 0.6) is 0 Å². The largest absolute Gasteiger partial charge is 0.319 e. The minimum Gasteiger partial charge on any atom is -0.319 e. The fourth-order valence-corrected chi connectivity index (χ4v) is 3.91. The fourth-order valence-electron chi connectivity index (χ4n) is 2.51. The summed E-state index contributed by atoms with van der Waals surface area (Å²) in [4.78, 5) is 4.68. The van der Waals surface area contributed by atoms with Crippen LogP contribution >= 0.6 is 22.9 Å². The average Bonchev–Trinajstić information content (AvgIpc) is 2.73. The van der Waals surface area contributed by atoms with Gasteiger partial charge in [0.1, 0.15) is 5.01 Å². The summed E-state index contributed by atoms with van der Waals surface area (Å²) >= 11 is 7.69. The molecule has 0 amide bonds. The van der Waals surface area contributed by atoms with Gasteiger partial charge < -0.3 is 5.73 Å². The summed E-state index contributed by atoms with van der Waals surface area (Å²) in [7, 11) is 0. The summed E-state index contributed by atoms with van der Waals surface area (Å²) in [5.41, 5.74) is 7.32. The third-order valence-corrected chi connectivity index (χ3v) is 5.00. The predicted octanol–water partition coefficient (Wildman–Crippen LogP) is 4.07. The third kappa shape index (κ3) is 2.07. The maximum absolute atomic E-state index is 6.50. The second-order valence-electron chi connectivity index (χ2n) is 4.85. The molecule has 0 saturated heterocycles. The van der Waals surface area contributed by atoms with Gasteiger partial charge in [-0.15, -0.1) is 11.3 Å². The molecular weight excluding hydrogens is 252 g/mol. The van der Waals surface area contributed by atoms with Crippen molar-refractivity contribution in [3.05, 3.63) is 28.2 Å². The van der Waals surface area contributed by atoms with Gasteiger partial charge in [-0.05, 0) is 31.0 Å². The number of halogens is 1. The van der Waals surface area contributed by atoms with E-state index in [-0.39, 0.29) is 5.54 Å². The zero-order valence-corrected chi connectivity index (χ0v) is 11.2. The number of rotatable bonds is 1. The maximum Gasteiger partial charge on any atom is 0.114 e. The summed E-state index contributed by atoms with van der Waals surface area (Å²) in [6.45, 7) is 0. The van der Waals surface area contributed by atoms with Crippen molar-refractivity contribution in [1.82, 2.24) is 4.98 Å². The van der Waals surface area contributed by atoms with Gasteiger partial charge in [-0.1, -0.05) is 30.9 Å². The van der Waals surface area contributed by atoms with Crippen molar-refractivity contribution >= 4 is 33.2 Å². The van der Waals surface area contributed by atoms with Crippen LogP contribution in [0.15, 0.2) is 18.2 Å². The average molecular weight is 267 g/mol. The molecule has 2 aromatic rings. The molecule has 1 aromatic heterocycles. The van der Waals surface area contributed by atoms with Crippen LogP contribution in [0.2, 0.25) is 5.02 Å². The van der Waals surface area contributed by atoms with E-state index in [1.54, 1.807) is 11.3 Å². The molecule has 0 spiro atoms. The lowest BCUT2D eigenvalue weighted by atomic mass is 9.83. The maximum atomic E-state index is 6.50. The minimum absolute atomic E-state index is 0.200. The van der Waals surface area contributed by atoms with Crippen molar-refractivity contribution in [1.29, 1.82) is 0 Å². The van der Waals surface area contributed by atoms with Crippen LogP contribution in [0.4, 0.5) is 0 Å². The van der Waals surface area contributed by atoms with Gasteiger partial charge in [0, 0.05) is 5.02 Å². The highest BCUT2D eigenvalue weighted by Gasteiger charge is 2.32. The molecule has 0 atom stereocenters. The van der Waals surface area contributed by atoms with E-state index in [1.807, 2.05) is 18.2 Å². The quantitative estimate of drug-likeness (QED) is 0.845. The second-order valence-corrected chi connectivity index (χ2v) is 6.31. The SMILES string of the molecule is NC1(c2nc3ccc(Cl)cc3s2)CCCCC1. The van der Waals surface area contributed by atoms with Crippen molar-refractivity contribution in [2.45, 2.75) is 37.6 Å². The molecule has 2 N–H and O–H groups in total. The summed E-state index contributed by atoms with van der Waals surface area (Å²) in [5.74, 6) is 0. The molecule has 17 heavy (non-hydrogen) atoms. The highest BCUT2D eigenvalue weighted by Crippen LogP contribution is 2.38. The summed E-state index contributed by atoms with van der Waals surface area (Å²) in [6.07, 6.45) is 5.84. The van der Waals surface area contributed by atoms with E-state index < -0.39 is 0 Å². The second kappa shape index (κ2) is 4.23. The number of hydrogen-bond acceptors (Lipinski definition) is 3. The van der Waals surface area contributed by atoms with E-state index in [2.05, 4.69) is 4.98 Å². The smallest absolute Gasteiger partial charge is 0.114 e. The van der Waals surface area contributed by atoms with E-state index in [4.69, 9.17) is 17.3 Å². The van der Waals surface area contributed by atoms with Gasteiger partial charge in [0.05, 0.1) is 15.8 Å². The monoisotopic (exact) mass is 266 g/mol. The molecule has 0 bridgehead atoms. The molecule has 1 aliphatic carbocycles. The number of hydrogen-bond donors (Lipinski definition) is 1. The minimum atomic E-state index is -0.200. The molecular formula is C13H15ClN2S. The number of thiazole rings is 1. The van der Waals surface area contributed by atoms with Gasteiger partial charge in [-0.3, -0.25) is 0 Å². The third-order valence-electron chi connectivity index (χ3n) is 3.52. The van der Waals surface area contributed by atoms with Crippen molar-refractivity contribution < 1.29 is 0 Å². The van der Waals surface area contributed by atoms with Gasteiger partial charge in [0.25, 0.3) is 0 Å². The molecule has 1 aromatic carbocycles. The number of fused-ring (bicyclic) bond motifs is 1. The topological polar surface area (TPSA) is 38.9 Å². The summed E-state index contributed by atoms with van der Waals surface area (Å²) < 4.78 is 1.14. The van der Waals surface area contributed by atoms with Crippen LogP contribution in [-0.2, 0) is 5.54 Å². The molecule has 1 aliphatic rings. The van der Waals surface area contributed by atoms with Crippen LogP contribution < -0.4 is 5.73 Å².